The Kier molecular flexibility index (Phi) is 11.1. The van der Waals surface area contributed by atoms with Crippen molar-refractivity contribution in [2.24, 2.45) is 5.73 Å². The van der Waals surface area contributed by atoms with Crippen molar-refractivity contribution in [1.82, 2.24) is 34.6 Å². The van der Waals surface area contributed by atoms with Crippen molar-refractivity contribution in [3.05, 3.63) is 143 Å². The number of carbonyl (C=O) groups excluding carboxylic acids is 3. The number of likely N-dealkylation sites (tertiary alicyclic amines) is 2. The van der Waals surface area contributed by atoms with Crippen molar-refractivity contribution in [3.63, 3.8) is 0 Å². The number of primary amides is 1. The third-order valence-corrected chi connectivity index (χ3v) is 11.5. The van der Waals surface area contributed by atoms with Gasteiger partial charge in [0.15, 0.2) is 0 Å². The van der Waals surface area contributed by atoms with Crippen molar-refractivity contribution < 1.29 is 19.1 Å². The number of imidazole rings is 2. The van der Waals surface area contributed by atoms with Crippen molar-refractivity contribution >= 4 is 29.5 Å². The molecule has 3 amide bonds. The van der Waals surface area contributed by atoms with Crippen LogP contribution in [-0.2, 0) is 14.3 Å². The van der Waals surface area contributed by atoms with Crippen LogP contribution in [0.5, 0.6) is 0 Å². The summed E-state index contributed by atoms with van der Waals surface area (Å²) in [7, 11) is 3.81. The van der Waals surface area contributed by atoms with Gasteiger partial charge in [0.1, 0.15) is 17.7 Å². The highest BCUT2D eigenvalue weighted by atomic mass is 35.5. The van der Waals surface area contributed by atoms with Gasteiger partial charge in [-0.1, -0.05) is 109 Å². The molecule has 296 valence electrons. The minimum atomic E-state index is -1.13. The molecular weight excluding hydrogens is 752 g/mol. The number of rotatable bonds is 11. The van der Waals surface area contributed by atoms with E-state index in [1.807, 2.05) is 72.6 Å². The topological polar surface area (TPSA) is 154 Å². The molecule has 2 aliphatic heterocycles. The molecule has 2 fully saturated rings. The van der Waals surface area contributed by atoms with E-state index in [1.54, 1.807) is 35.4 Å². The first-order chi connectivity index (χ1) is 28.2. The zero-order valence-electron chi connectivity index (χ0n) is 32.3. The molecule has 0 unspecified atom stereocenters. The van der Waals surface area contributed by atoms with Gasteiger partial charge >= 0.3 is 6.09 Å². The van der Waals surface area contributed by atoms with E-state index in [-0.39, 0.29) is 23.9 Å². The smallest absolute Gasteiger partial charge is 0.405 e. The first-order valence-corrected chi connectivity index (χ1v) is 19.9. The van der Waals surface area contributed by atoms with Gasteiger partial charge < -0.3 is 30.2 Å². The molecule has 4 atom stereocenters. The average molecular weight is 797 g/mol. The molecule has 4 aromatic carbocycles. The molecule has 2 aliphatic rings. The first-order valence-electron chi connectivity index (χ1n) is 19.5. The van der Waals surface area contributed by atoms with Gasteiger partial charge in [0.25, 0.3) is 5.91 Å². The molecule has 0 saturated carbocycles. The summed E-state index contributed by atoms with van der Waals surface area (Å²) in [6, 6.07) is 32.1. The number of aromatic amines is 2. The monoisotopic (exact) mass is 796 g/mol. The van der Waals surface area contributed by atoms with E-state index in [2.05, 4.69) is 51.4 Å². The van der Waals surface area contributed by atoms with E-state index in [0.29, 0.717) is 29.5 Å². The largest absolute Gasteiger partial charge is 0.431 e. The number of carbonyl (C=O) groups is 3. The van der Waals surface area contributed by atoms with Crippen LogP contribution in [0.25, 0.3) is 33.6 Å². The maximum atomic E-state index is 14.0. The number of H-pyrrole nitrogens is 2. The van der Waals surface area contributed by atoms with Gasteiger partial charge in [-0.2, -0.15) is 0 Å². The van der Waals surface area contributed by atoms with Gasteiger partial charge in [-0.15, -0.1) is 0 Å². The third-order valence-electron chi connectivity index (χ3n) is 11.1. The second-order valence-electron chi connectivity index (χ2n) is 15.0. The number of amides is 3. The Labute approximate surface area is 342 Å². The van der Waals surface area contributed by atoms with Crippen LogP contribution >= 0.6 is 11.6 Å². The lowest BCUT2D eigenvalue weighted by atomic mass is 10.0. The number of nitrogens with zero attached hydrogens (tertiary/aromatic N) is 5. The zero-order chi connectivity index (χ0) is 40.3. The van der Waals surface area contributed by atoms with Gasteiger partial charge in [0.05, 0.1) is 35.9 Å². The molecule has 0 bridgehead atoms. The number of ether oxygens (including phenoxy) is 1. The highest BCUT2D eigenvalue weighted by molar-refractivity contribution is 6.31. The van der Waals surface area contributed by atoms with Gasteiger partial charge in [-0.05, 0) is 73.7 Å². The molecule has 4 N–H and O–H groups in total. The molecule has 13 heteroatoms. The van der Waals surface area contributed by atoms with Crippen LogP contribution in [-0.4, -0.2) is 79.7 Å². The van der Waals surface area contributed by atoms with E-state index in [0.717, 1.165) is 70.7 Å². The summed E-state index contributed by atoms with van der Waals surface area (Å²) < 4.78 is 5.30. The number of hydrogen-bond donors (Lipinski definition) is 3. The molecule has 2 aromatic heterocycles. The second kappa shape index (κ2) is 16.7. The first kappa shape index (κ1) is 38.6. The summed E-state index contributed by atoms with van der Waals surface area (Å²) in [5.41, 5.74) is 12.5. The summed E-state index contributed by atoms with van der Waals surface area (Å²) in [4.78, 5) is 61.4. The van der Waals surface area contributed by atoms with Crippen LogP contribution < -0.4 is 5.73 Å². The van der Waals surface area contributed by atoms with Gasteiger partial charge in [0, 0.05) is 23.7 Å². The molecule has 0 radical (unpaired) electrons. The Morgan fingerprint density at radius 3 is 1.69 bits per heavy atom. The van der Waals surface area contributed by atoms with Crippen molar-refractivity contribution in [2.45, 2.75) is 49.9 Å². The summed E-state index contributed by atoms with van der Waals surface area (Å²) in [5.74, 6) is 1.14. The molecule has 8 rings (SSSR count). The van der Waals surface area contributed by atoms with Crippen molar-refractivity contribution in [1.29, 1.82) is 0 Å². The molecule has 0 spiro atoms. The van der Waals surface area contributed by atoms with Gasteiger partial charge in [-0.25, -0.2) is 14.8 Å². The summed E-state index contributed by atoms with van der Waals surface area (Å²) in [6.45, 7) is 1.18. The molecule has 4 heterocycles. The fourth-order valence-corrected chi connectivity index (χ4v) is 8.50. The molecule has 2 saturated heterocycles. The van der Waals surface area contributed by atoms with Crippen molar-refractivity contribution in [3.8, 4) is 33.6 Å². The predicted octanol–water partition coefficient (Wildman–Crippen LogP) is 8.25. The standard InChI is InChI=1S/C45H45ClN8O4/c1-52(2)39(33-12-6-7-13-34(33)46)43(55)53-24-8-14-37(53)41-48-26-35(50-41)30-20-16-28(17-21-30)29-18-22-31(23-19-29)36-27-49-42(51-36)38-15-9-25-54(38)44(56)40(58-45(47)57)32-10-4-3-5-11-32/h3-7,10-13,16-23,26-27,37-40H,8-9,14-15,24-25H2,1-2H3,(H2,47,57)(H,48,50)(H,49,51)/t37-,38-,39+,40+/m0/s1. The number of nitrogens with one attached hydrogen (secondary N) is 2. The number of likely N-dealkylation sites (N-methyl/N-ethyl adjacent to an activating group) is 1. The van der Waals surface area contributed by atoms with Crippen LogP contribution in [0.2, 0.25) is 5.02 Å². The number of nitrogens with two attached hydrogens (primary N) is 1. The molecular formula is C45H45ClN8O4. The maximum Gasteiger partial charge on any atom is 0.405 e. The van der Waals surface area contributed by atoms with Gasteiger partial charge in [0.2, 0.25) is 12.0 Å². The number of benzene rings is 4. The normalized spacial score (nSPS) is 17.7. The number of aromatic nitrogens is 4. The molecule has 0 aliphatic carbocycles. The third kappa shape index (κ3) is 7.85. The Hall–Kier alpha value is -6.24. The van der Waals surface area contributed by atoms with Crippen LogP contribution in [0.15, 0.2) is 116 Å². The van der Waals surface area contributed by atoms with Crippen LogP contribution in [0.3, 0.4) is 0 Å². The summed E-state index contributed by atoms with van der Waals surface area (Å²) >= 11 is 6.54. The predicted molar refractivity (Wildman–Crippen MR) is 222 cm³/mol. The lowest BCUT2D eigenvalue weighted by Crippen LogP contribution is -2.40. The Morgan fingerprint density at radius 1 is 0.707 bits per heavy atom. The van der Waals surface area contributed by atoms with E-state index in [9.17, 15) is 14.4 Å². The Bertz CT molecular complexity index is 2400. The van der Waals surface area contributed by atoms with E-state index >= 15 is 0 Å². The SMILES string of the molecule is CN(C)[C@@H](C(=O)N1CCC[C@H]1c1ncc(-c2ccc(-c3ccc(-c4cnc([C@@H]5CCCN5C(=O)[C@H](OC(N)=O)c5ccccc5)[nH]4)cc3)cc2)[nH]1)c1ccccc1Cl. The Morgan fingerprint density at radius 2 is 1.19 bits per heavy atom. The van der Waals surface area contributed by atoms with E-state index in [4.69, 9.17) is 27.1 Å². The van der Waals surface area contributed by atoms with Gasteiger partial charge in [-0.3, -0.25) is 14.5 Å². The minimum absolute atomic E-state index is 0.0142. The second-order valence-corrected chi connectivity index (χ2v) is 15.4. The van der Waals surface area contributed by atoms with Crippen LogP contribution in [0.4, 0.5) is 4.79 Å². The maximum absolute atomic E-state index is 14.0. The van der Waals surface area contributed by atoms with Crippen LogP contribution in [0, 0.1) is 0 Å². The van der Waals surface area contributed by atoms with E-state index in [1.165, 1.54) is 0 Å². The summed E-state index contributed by atoms with van der Waals surface area (Å²) in [5, 5.41) is 0.577. The molecule has 6 aromatic rings. The highest BCUT2D eigenvalue weighted by Gasteiger charge is 2.39. The number of hydrogen-bond acceptors (Lipinski definition) is 7. The Balaban J connectivity index is 0.932. The molecule has 58 heavy (non-hydrogen) atoms. The number of halogens is 1. The quantitative estimate of drug-likeness (QED) is 0.119. The zero-order valence-corrected chi connectivity index (χ0v) is 33.1. The van der Waals surface area contributed by atoms with Crippen LogP contribution in [0.1, 0.15) is 72.7 Å². The van der Waals surface area contributed by atoms with Crippen molar-refractivity contribution in [2.75, 3.05) is 27.2 Å². The van der Waals surface area contributed by atoms with E-state index < -0.39 is 18.2 Å². The fraction of sp³-hybridized carbons (Fsp3) is 0.267. The lowest BCUT2D eigenvalue weighted by Gasteiger charge is -2.32. The lowest BCUT2D eigenvalue weighted by molar-refractivity contribution is -0.141. The molecule has 12 nitrogen and oxygen atoms in total. The highest BCUT2D eigenvalue weighted by Crippen LogP contribution is 2.38. The average Bonchev–Trinajstić information content (AvgIpc) is 4.08. The fourth-order valence-electron chi connectivity index (χ4n) is 8.26. The summed E-state index contributed by atoms with van der Waals surface area (Å²) in [6.07, 6.45) is 4.74. The minimum Gasteiger partial charge on any atom is -0.431 e.